The highest BCUT2D eigenvalue weighted by molar-refractivity contribution is 5.39. The molecular weight excluding hydrogens is 172 g/mol. The van der Waals surface area contributed by atoms with Crippen molar-refractivity contribution >= 4 is 0 Å². The molecular formula is C13H18O. The van der Waals surface area contributed by atoms with Crippen LogP contribution < -0.4 is 0 Å². The Bertz CT molecular complexity index is 352. The summed E-state index contributed by atoms with van der Waals surface area (Å²) in [5.41, 5.74) is 4.11. The van der Waals surface area contributed by atoms with Gasteiger partial charge in [0.15, 0.2) is 0 Å². The lowest BCUT2D eigenvalue weighted by molar-refractivity contribution is -0.0794. The zero-order valence-electron chi connectivity index (χ0n) is 9.42. The Hall–Kier alpha value is -0.820. The maximum absolute atomic E-state index is 5.96. The van der Waals surface area contributed by atoms with Gasteiger partial charge >= 0.3 is 0 Å². The SMILES string of the molecule is Cc1cccc2c1CC(C)OC2(C)C. The Morgan fingerprint density at radius 3 is 2.79 bits per heavy atom. The molecule has 0 N–H and O–H groups in total. The van der Waals surface area contributed by atoms with E-state index in [1.54, 1.807) is 0 Å². The molecule has 2 rings (SSSR count). The number of hydrogen-bond donors (Lipinski definition) is 0. The molecule has 1 heteroatoms. The third kappa shape index (κ3) is 1.46. The van der Waals surface area contributed by atoms with Crippen molar-refractivity contribution in [3.8, 4) is 0 Å². The van der Waals surface area contributed by atoms with Crippen LogP contribution in [0.25, 0.3) is 0 Å². The number of ether oxygens (including phenoxy) is 1. The number of hydrogen-bond acceptors (Lipinski definition) is 1. The van der Waals surface area contributed by atoms with Gasteiger partial charge in [-0.3, -0.25) is 0 Å². The average molecular weight is 190 g/mol. The van der Waals surface area contributed by atoms with Crippen LogP contribution in [0.15, 0.2) is 18.2 Å². The molecule has 1 atom stereocenters. The van der Waals surface area contributed by atoms with E-state index in [1.807, 2.05) is 0 Å². The Kier molecular flexibility index (Phi) is 2.15. The maximum Gasteiger partial charge on any atom is 0.0881 e. The van der Waals surface area contributed by atoms with E-state index in [1.165, 1.54) is 16.7 Å². The molecule has 0 spiro atoms. The van der Waals surface area contributed by atoms with Crippen LogP contribution in [0.1, 0.15) is 37.5 Å². The second-order valence-corrected chi connectivity index (χ2v) is 4.74. The molecule has 0 saturated heterocycles. The molecule has 0 bridgehead atoms. The van der Waals surface area contributed by atoms with Crippen LogP contribution in [0.4, 0.5) is 0 Å². The minimum Gasteiger partial charge on any atom is -0.368 e. The zero-order chi connectivity index (χ0) is 10.3. The molecule has 0 saturated carbocycles. The van der Waals surface area contributed by atoms with Crippen molar-refractivity contribution in [3.05, 3.63) is 34.9 Å². The summed E-state index contributed by atoms with van der Waals surface area (Å²) in [4.78, 5) is 0. The van der Waals surface area contributed by atoms with Gasteiger partial charge in [0.2, 0.25) is 0 Å². The van der Waals surface area contributed by atoms with Gasteiger partial charge < -0.3 is 4.74 Å². The second-order valence-electron chi connectivity index (χ2n) is 4.74. The first-order chi connectivity index (χ1) is 6.50. The number of benzene rings is 1. The molecule has 1 aromatic carbocycles. The molecule has 1 aliphatic heterocycles. The van der Waals surface area contributed by atoms with Crippen molar-refractivity contribution in [2.75, 3.05) is 0 Å². The predicted octanol–water partition coefficient (Wildman–Crippen LogP) is 3.19. The van der Waals surface area contributed by atoms with Crippen molar-refractivity contribution < 1.29 is 4.74 Å². The van der Waals surface area contributed by atoms with Crippen LogP contribution in [0.5, 0.6) is 0 Å². The van der Waals surface area contributed by atoms with Crippen LogP contribution >= 0.6 is 0 Å². The fraction of sp³-hybridized carbons (Fsp3) is 0.538. The molecule has 0 amide bonds. The van der Waals surface area contributed by atoms with Crippen molar-refractivity contribution in [1.29, 1.82) is 0 Å². The summed E-state index contributed by atoms with van der Waals surface area (Å²) in [5.74, 6) is 0. The lowest BCUT2D eigenvalue weighted by atomic mass is 9.85. The van der Waals surface area contributed by atoms with Gasteiger partial charge in [0.05, 0.1) is 11.7 Å². The summed E-state index contributed by atoms with van der Waals surface area (Å²) in [6, 6.07) is 6.50. The van der Waals surface area contributed by atoms with E-state index in [9.17, 15) is 0 Å². The van der Waals surface area contributed by atoms with E-state index in [0.29, 0.717) is 6.10 Å². The van der Waals surface area contributed by atoms with E-state index in [0.717, 1.165) is 6.42 Å². The average Bonchev–Trinajstić information content (AvgIpc) is 2.05. The van der Waals surface area contributed by atoms with Crippen molar-refractivity contribution in [2.45, 2.75) is 45.8 Å². The number of aryl methyl sites for hydroxylation is 1. The topological polar surface area (TPSA) is 9.23 Å². The third-order valence-electron chi connectivity index (χ3n) is 3.05. The Morgan fingerprint density at radius 1 is 1.36 bits per heavy atom. The highest BCUT2D eigenvalue weighted by Crippen LogP contribution is 2.36. The van der Waals surface area contributed by atoms with Gasteiger partial charge in [-0.1, -0.05) is 18.2 Å². The summed E-state index contributed by atoms with van der Waals surface area (Å²) < 4.78 is 5.96. The van der Waals surface area contributed by atoms with Gasteiger partial charge in [-0.2, -0.15) is 0 Å². The molecule has 1 aromatic rings. The summed E-state index contributed by atoms with van der Waals surface area (Å²) in [6.07, 6.45) is 1.38. The lowest BCUT2D eigenvalue weighted by Gasteiger charge is -2.37. The van der Waals surface area contributed by atoms with E-state index in [-0.39, 0.29) is 5.60 Å². The largest absolute Gasteiger partial charge is 0.368 e. The normalized spacial score (nSPS) is 24.4. The first-order valence-electron chi connectivity index (χ1n) is 5.27. The van der Waals surface area contributed by atoms with Crippen LogP contribution in [0.3, 0.4) is 0 Å². The van der Waals surface area contributed by atoms with Gasteiger partial charge in [0.25, 0.3) is 0 Å². The molecule has 76 valence electrons. The fourth-order valence-electron chi connectivity index (χ4n) is 2.43. The zero-order valence-corrected chi connectivity index (χ0v) is 9.42. The predicted molar refractivity (Wildman–Crippen MR) is 58.5 cm³/mol. The minimum atomic E-state index is -0.126. The van der Waals surface area contributed by atoms with Crippen molar-refractivity contribution in [3.63, 3.8) is 0 Å². The third-order valence-corrected chi connectivity index (χ3v) is 3.05. The van der Waals surface area contributed by atoms with Crippen LogP contribution in [-0.2, 0) is 16.8 Å². The van der Waals surface area contributed by atoms with Gasteiger partial charge in [-0.25, -0.2) is 0 Å². The highest BCUT2D eigenvalue weighted by atomic mass is 16.5. The molecule has 1 heterocycles. The quantitative estimate of drug-likeness (QED) is 0.610. The Morgan fingerprint density at radius 2 is 2.07 bits per heavy atom. The minimum absolute atomic E-state index is 0.126. The van der Waals surface area contributed by atoms with Crippen molar-refractivity contribution in [2.24, 2.45) is 0 Å². The summed E-state index contributed by atoms with van der Waals surface area (Å²) >= 11 is 0. The molecule has 0 aliphatic carbocycles. The standard InChI is InChI=1S/C13H18O/c1-9-6-5-7-12-11(9)8-10(2)14-13(12,3)4/h5-7,10H,8H2,1-4H3. The number of fused-ring (bicyclic) bond motifs is 1. The van der Waals surface area contributed by atoms with E-state index >= 15 is 0 Å². The summed E-state index contributed by atoms with van der Waals surface area (Å²) in [7, 11) is 0. The molecule has 1 aliphatic rings. The molecule has 0 aromatic heterocycles. The second kappa shape index (κ2) is 3.09. The Balaban J connectivity index is 2.57. The molecule has 1 unspecified atom stereocenters. The van der Waals surface area contributed by atoms with Crippen LogP contribution in [-0.4, -0.2) is 6.10 Å². The van der Waals surface area contributed by atoms with E-state index < -0.39 is 0 Å². The lowest BCUT2D eigenvalue weighted by Crippen LogP contribution is -2.34. The first-order valence-corrected chi connectivity index (χ1v) is 5.27. The molecule has 14 heavy (non-hydrogen) atoms. The first kappa shape index (κ1) is 9.72. The van der Waals surface area contributed by atoms with Crippen LogP contribution in [0, 0.1) is 6.92 Å². The van der Waals surface area contributed by atoms with Crippen molar-refractivity contribution in [1.82, 2.24) is 0 Å². The maximum atomic E-state index is 5.96. The van der Waals surface area contributed by atoms with E-state index in [4.69, 9.17) is 4.74 Å². The van der Waals surface area contributed by atoms with Gasteiger partial charge in [-0.05, 0) is 50.8 Å². The highest BCUT2D eigenvalue weighted by Gasteiger charge is 2.32. The van der Waals surface area contributed by atoms with Gasteiger partial charge in [0, 0.05) is 0 Å². The van der Waals surface area contributed by atoms with Crippen LogP contribution in [0.2, 0.25) is 0 Å². The monoisotopic (exact) mass is 190 g/mol. The molecule has 0 fully saturated rings. The number of rotatable bonds is 0. The van der Waals surface area contributed by atoms with Gasteiger partial charge in [-0.15, -0.1) is 0 Å². The van der Waals surface area contributed by atoms with Gasteiger partial charge in [0.1, 0.15) is 0 Å². The molecule has 0 radical (unpaired) electrons. The fourth-order valence-corrected chi connectivity index (χ4v) is 2.43. The summed E-state index contributed by atoms with van der Waals surface area (Å²) in [5, 5.41) is 0. The molecule has 1 nitrogen and oxygen atoms in total. The Labute approximate surface area is 86.1 Å². The smallest absolute Gasteiger partial charge is 0.0881 e. The summed E-state index contributed by atoms with van der Waals surface area (Å²) in [6.45, 7) is 8.64. The van der Waals surface area contributed by atoms with E-state index in [2.05, 4.69) is 45.9 Å².